The molecule has 0 atom stereocenters. The van der Waals surface area contributed by atoms with Gasteiger partial charge in [-0.15, -0.1) is 0 Å². The number of rotatable bonds is 30. The van der Waals surface area contributed by atoms with Crippen LogP contribution in [0.3, 0.4) is 0 Å². The van der Waals surface area contributed by atoms with Crippen molar-refractivity contribution >= 4 is 19.8 Å². The van der Waals surface area contributed by atoms with Gasteiger partial charge in [0.05, 0.1) is 0 Å². The van der Waals surface area contributed by atoms with Gasteiger partial charge < -0.3 is 19.3 Å². The van der Waals surface area contributed by atoms with Crippen molar-refractivity contribution in [2.24, 2.45) is 0 Å². The Kier molecular flexibility index (Phi) is 27.5. The molecule has 40 heavy (non-hydrogen) atoms. The normalized spacial score (nSPS) is 11.7. The minimum absolute atomic E-state index is 0.248. The molecule has 0 aliphatic carbocycles. The van der Waals surface area contributed by atoms with Crippen LogP contribution in [0.25, 0.3) is 0 Å². The number of hydrogen-bond donors (Lipinski definition) is 2. The van der Waals surface area contributed by atoms with Crippen molar-refractivity contribution in [1.29, 1.82) is 0 Å². The van der Waals surface area contributed by atoms with Crippen LogP contribution < -0.4 is 0 Å². The molecule has 0 aromatic heterocycles. The standard InChI is InChI=1S/C31H61O8P/c1-3-5-7-9-11-13-15-17-19-21-23-25-30(32)37-27-29(39-40(34,35)36)28-38-31(33)26-24-22-20-18-16-14-12-10-8-6-4-2/h29H,3-28H2,1-2H3,(H2,34,35,36). The average Bonchev–Trinajstić information content (AvgIpc) is 2.91. The zero-order valence-corrected chi connectivity index (χ0v) is 26.6. The van der Waals surface area contributed by atoms with Crippen molar-refractivity contribution in [1.82, 2.24) is 0 Å². The van der Waals surface area contributed by atoms with Crippen LogP contribution in [0, 0.1) is 0 Å². The molecule has 238 valence electrons. The fourth-order valence-corrected chi connectivity index (χ4v) is 5.20. The van der Waals surface area contributed by atoms with Gasteiger partial charge in [-0.3, -0.25) is 14.1 Å². The lowest BCUT2D eigenvalue weighted by atomic mass is 10.1. The number of phosphoric ester groups is 1. The first-order chi connectivity index (χ1) is 19.3. The van der Waals surface area contributed by atoms with Crippen molar-refractivity contribution < 1.29 is 37.9 Å². The smallest absolute Gasteiger partial charge is 0.463 e. The molecule has 0 aromatic carbocycles. The first kappa shape index (κ1) is 39.0. The quantitative estimate of drug-likeness (QED) is 0.0482. The number of ether oxygens (including phenoxy) is 2. The second kappa shape index (κ2) is 28.2. The summed E-state index contributed by atoms with van der Waals surface area (Å²) in [7, 11) is -4.82. The van der Waals surface area contributed by atoms with Crippen LogP contribution in [-0.4, -0.2) is 41.0 Å². The van der Waals surface area contributed by atoms with E-state index in [4.69, 9.17) is 19.3 Å². The van der Waals surface area contributed by atoms with Crippen LogP contribution in [0.1, 0.15) is 168 Å². The van der Waals surface area contributed by atoms with Crippen molar-refractivity contribution in [2.75, 3.05) is 13.2 Å². The van der Waals surface area contributed by atoms with Crippen LogP contribution in [0.4, 0.5) is 0 Å². The third-order valence-electron chi connectivity index (χ3n) is 7.12. The maximum atomic E-state index is 12.1. The number of unbranched alkanes of at least 4 members (excludes halogenated alkanes) is 20. The fraction of sp³-hybridized carbons (Fsp3) is 0.935. The van der Waals surface area contributed by atoms with Crippen LogP contribution in [0.5, 0.6) is 0 Å². The number of hydrogen-bond acceptors (Lipinski definition) is 6. The summed E-state index contributed by atoms with van der Waals surface area (Å²) in [6, 6.07) is 0. The Balaban J connectivity index is 3.91. The van der Waals surface area contributed by atoms with Gasteiger partial charge in [0.2, 0.25) is 0 Å². The van der Waals surface area contributed by atoms with Crippen LogP contribution >= 0.6 is 7.82 Å². The highest BCUT2D eigenvalue weighted by Crippen LogP contribution is 2.37. The largest absolute Gasteiger partial charge is 0.470 e. The van der Waals surface area contributed by atoms with E-state index in [1.807, 2.05) is 0 Å². The molecule has 0 aliphatic rings. The first-order valence-electron chi connectivity index (χ1n) is 16.3. The molecule has 0 saturated heterocycles. The van der Waals surface area contributed by atoms with E-state index in [1.54, 1.807) is 0 Å². The zero-order chi connectivity index (χ0) is 29.7. The van der Waals surface area contributed by atoms with Gasteiger partial charge in [-0.1, -0.05) is 142 Å². The summed E-state index contributed by atoms with van der Waals surface area (Å²) in [4.78, 5) is 42.4. The summed E-state index contributed by atoms with van der Waals surface area (Å²) >= 11 is 0. The topological polar surface area (TPSA) is 119 Å². The van der Waals surface area contributed by atoms with E-state index in [0.717, 1.165) is 25.7 Å². The number of esters is 2. The molecular formula is C31H61O8P. The van der Waals surface area contributed by atoms with Crippen LogP contribution in [0.2, 0.25) is 0 Å². The number of carbonyl (C=O) groups excluding carboxylic acids is 2. The van der Waals surface area contributed by atoms with Crippen molar-refractivity contribution in [3.8, 4) is 0 Å². The molecule has 0 spiro atoms. The molecule has 0 heterocycles. The Morgan fingerprint density at radius 3 is 1.07 bits per heavy atom. The molecule has 9 heteroatoms. The maximum absolute atomic E-state index is 12.1. The molecule has 0 saturated carbocycles. The van der Waals surface area contributed by atoms with E-state index in [-0.39, 0.29) is 26.1 Å². The molecule has 0 rings (SSSR count). The molecular weight excluding hydrogens is 531 g/mol. The predicted molar refractivity (Wildman–Crippen MR) is 161 cm³/mol. The third kappa shape index (κ3) is 30.0. The summed E-state index contributed by atoms with van der Waals surface area (Å²) in [5.74, 6) is -0.884. The molecule has 0 amide bonds. The molecule has 0 radical (unpaired) electrons. The Bertz CT molecular complexity index is 595. The minimum atomic E-state index is -4.82. The summed E-state index contributed by atoms with van der Waals surface area (Å²) in [6.45, 7) is 3.71. The van der Waals surface area contributed by atoms with Gasteiger partial charge in [0, 0.05) is 12.8 Å². The zero-order valence-electron chi connectivity index (χ0n) is 25.8. The SMILES string of the molecule is CCCCCCCCCCCCCC(=O)OCC(COC(=O)CCCCCCCCCCCCC)OP(=O)(O)O. The Hall–Kier alpha value is -0.950. The molecule has 0 bridgehead atoms. The van der Waals surface area contributed by atoms with E-state index in [9.17, 15) is 14.2 Å². The van der Waals surface area contributed by atoms with Gasteiger partial charge in [-0.25, -0.2) is 4.57 Å². The van der Waals surface area contributed by atoms with Gasteiger partial charge in [0.25, 0.3) is 0 Å². The van der Waals surface area contributed by atoms with E-state index in [0.29, 0.717) is 12.8 Å². The lowest BCUT2D eigenvalue weighted by Gasteiger charge is -2.18. The molecule has 0 unspecified atom stereocenters. The van der Waals surface area contributed by atoms with Gasteiger partial charge in [0.15, 0.2) is 0 Å². The summed E-state index contributed by atoms with van der Waals surface area (Å²) in [5, 5.41) is 0. The van der Waals surface area contributed by atoms with Crippen molar-refractivity contribution in [3.05, 3.63) is 0 Å². The Morgan fingerprint density at radius 1 is 0.525 bits per heavy atom. The van der Waals surface area contributed by atoms with E-state index < -0.39 is 25.9 Å². The first-order valence-corrected chi connectivity index (χ1v) is 17.9. The highest BCUT2D eigenvalue weighted by molar-refractivity contribution is 7.46. The molecule has 0 aromatic rings. The van der Waals surface area contributed by atoms with Crippen LogP contribution in [-0.2, 0) is 28.2 Å². The minimum Gasteiger partial charge on any atom is -0.463 e. The second-order valence-corrected chi connectivity index (χ2v) is 12.3. The lowest BCUT2D eigenvalue weighted by Crippen LogP contribution is -2.27. The molecule has 0 aliphatic heterocycles. The summed E-state index contributed by atoms with van der Waals surface area (Å²) < 4.78 is 26.3. The second-order valence-electron chi connectivity index (χ2n) is 11.2. The molecule has 2 N–H and O–H groups in total. The van der Waals surface area contributed by atoms with Gasteiger partial charge in [-0.05, 0) is 12.8 Å². The monoisotopic (exact) mass is 592 g/mol. The fourth-order valence-electron chi connectivity index (χ4n) is 4.69. The average molecular weight is 593 g/mol. The number of carbonyl (C=O) groups is 2. The third-order valence-corrected chi connectivity index (χ3v) is 7.69. The maximum Gasteiger partial charge on any atom is 0.470 e. The van der Waals surface area contributed by atoms with Gasteiger partial charge >= 0.3 is 19.8 Å². The molecule has 8 nitrogen and oxygen atoms in total. The van der Waals surface area contributed by atoms with E-state index in [1.165, 1.54) is 103 Å². The Morgan fingerprint density at radius 2 is 0.800 bits per heavy atom. The van der Waals surface area contributed by atoms with Crippen molar-refractivity contribution in [3.63, 3.8) is 0 Å². The van der Waals surface area contributed by atoms with Gasteiger partial charge in [-0.2, -0.15) is 0 Å². The van der Waals surface area contributed by atoms with E-state index >= 15 is 0 Å². The summed E-state index contributed by atoms with van der Waals surface area (Å²) in [5.41, 5.74) is 0. The highest BCUT2D eigenvalue weighted by atomic mass is 31.2. The molecule has 0 fully saturated rings. The van der Waals surface area contributed by atoms with E-state index in [2.05, 4.69) is 18.4 Å². The van der Waals surface area contributed by atoms with Crippen LogP contribution in [0.15, 0.2) is 0 Å². The van der Waals surface area contributed by atoms with Gasteiger partial charge in [0.1, 0.15) is 19.3 Å². The van der Waals surface area contributed by atoms with Crippen molar-refractivity contribution in [2.45, 2.75) is 174 Å². The summed E-state index contributed by atoms with van der Waals surface area (Å²) in [6.07, 6.45) is 25.3. The Labute approximate surface area is 244 Å². The highest BCUT2D eigenvalue weighted by Gasteiger charge is 2.25. The number of phosphoric acid groups is 1. The lowest BCUT2D eigenvalue weighted by molar-refractivity contribution is -0.152. The predicted octanol–water partition coefficient (Wildman–Crippen LogP) is 8.95.